The number of ether oxygens (including phenoxy) is 1. The van der Waals surface area contributed by atoms with Crippen LogP contribution in [0.5, 0.6) is 0 Å². The first kappa shape index (κ1) is 18.4. The van der Waals surface area contributed by atoms with Crippen LogP contribution in [0.4, 0.5) is 0 Å². The predicted molar refractivity (Wildman–Crippen MR) is 113 cm³/mol. The molecule has 3 atom stereocenters. The van der Waals surface area contributed by atoms with Gasteiger partial charge in [0.2, 0.25) is 0 Å². The Balaban J connectivity index is 1.51. The van der Waals surface area contributed by atoms with E-state index >= 15 is 0 Å². The lowest BCUT2D eigenvalue weighted by Gasteiger charge is -2.30. The van der Waals surface area contributed by atoms with E-state index in [1.54, 1.807) is 6.26 Å². The fourth-order valence-electron chi connectivity index (χ4n) is 4.34. The Morgan fingerprint density at radius 3 is 2.90 bits per heavy atom. The average molecular weight is 409 g/mol. The van der Waals surface area contributed by atoms with Crippen LogP contribution in [0, 0.1) is 0 Å². The maximum atomic E-state index is 5.92. The molecule has 29 heavy (non-hydrogen) atoms. The SMILES string of the molecule is S=C1N[C@H](c2ccccn2)[C@H](c2cccn2Cc2ccco2)N1C[C@@H]1CCCO1. The number of thiocarbonyl (C=S) groups is 1. The third kappa shape index (κ3) is 3.68. The number of rotatable bonds is 6. The molecular weight excluding hydrogens is 384 g/mol. The highest BCUT2D eigenvalue weighted by Crippen LogP contribution is 2.39. The first-order valence-corrected chi connectivity index (χ1v) is 10.5. The number of hydrogen-bond acceptors (Lipinski definition) is 4. The summed E-state index contributed by atoms with van der Waals surface area (Å²) in [4.78, 5) is 6.90. The lowest BCUT2D eigenvalue weighted by molar-refractivity contribution is 0.0834. The minimum atomic E-state index is -0.0182. The van der Waals surface area contributed by atoms with Crippen LogP contribution in [-0.4, -0.2) is 38.8 Å². The van der Waals surface area contributed by atoms with Crippen molar-refractivity contribution in [3.63, 3.8) is 0 Å². The topological polar surface area (TPSA) is 55.5 Å². The summed E-state index contributed by atoms with van der Waals surface area (Å²) in [6.45, 7) is 2.30. The minimum Gasteiger partial charge on any atom is -0.467 e. The Labute approximate surface area is 175 Å². The van der Waals surface area contributed by atoms with Crippen molar-refractivity contribution in [2.75, 3.05) is 13.2 Å². The van der Waals surface area contributed by atoms with Crippen LogP contribution in [0.2, 0.25) is 0 Å². The van der Waals surface area contributed by atoms with Crippen molar-refractivity contribution < 1.29 is 9.15 Å². The highest BCUT2D eigenvalue weighted by atomic mass is 32.1. The molecule has 0 spiro atoms. The van der Waals surface area contributed by atoms with Crippen molar-refractivity contribution in [1.29, 1.82) is 0 Å². The van der Waals surface area contributed by atoms with E-state index < -0.39 is 0 Å². The lowest BCUT2D eigenvalue weighted by Crippen LogP contribution is -2.36. The van der Waals surface area contributed by atoms with Gasteiger partial charge in [0.25, 0.3) is 0 Å². The number of nitrogens with zero attached hydrogens (tertiary/aromatic N) is 3. The zero-order valence-electron chi connectivity index (χ0n) is 16.1. The fourth-order valence-corrected chi connectivity index (χ4v) is 4.66. The monoisotopic (exact) mass is 408 g/mol. The number of hydrogen-bond donors (Lipinski definition) is 1. The fraction of sp³-hybridized carbons (Fsp3) is 0.364. The van der Waals surface area contributed by atoms with Gasteiger partial charge in [0, 0.05) is 31.2 Å². The number of aromatic nitrogens is 2. The molecule has 0 unspecified atom stereocenters. The van der Waals surface area contributed by atoms with E-state index in [1.165, 1.54) is 5.69 Å². The maximum absolute atomic E-state index is 5.92. The van der Waals surface area contributed by atoms with Crippen molar-refractivity contribution in [2.45, 2.75) is 37.6 Å². The number of furan rings is 1. The van der Waals surface area contributed by atoms with Crippen molar-refractivity contribution >= 4 is 17.3 Å². The number of pyridine rings is 1. The Morgan fingerprint density at radius 2 is 2.14 bits per heavy atom. The van der Waals surface area contributed by atoms with Gasteiger partial charge in [0.05, 0.1) is 36.7 Å². The smallest absolute Gasteiger partial charge is 0.170 e. The van der Waals surface area contributed by atoms with Gasteiger partial charge in [-0.3, -0.25) is 4.98 Å². The summed E-state index contributed by atoms with van der Waals surface area (Å²) in [6.07, 6.45) is 8.05. The third-order valence-corrected chi connectivity index (χ3v) is 6.05. The summed E-state index contributed by atoms with van der Waals surface area (Å²) in [5.74, 6) is 0.927. The van der Waals surface area contributed by atoms with Crippen LogP contribution in [-0.2, 0) is 11.3 Å². The average Bonchev–Trinajstić information content (AvgIpc) is 3.53. The van der Waals surface area contributed by atoms with E-state index in [0.717, 1.165) is 42.6 Å². The van der Waals surface area contributed by atoms with Crippen LogP contribution < -0.4 is 5.32 Å². The highest BCUT2D eigenvalue weighted by molar-refractivity contribution is 7.80. The predicted octanol–water partition coefficient (Wildman–Crippen LogP) is 3.68. The summed E-state index contributed by atoms with van der Waals surface area (Å²) < 4.78 is 13.7. The van der Waals surface area contributed by atoms with Crippen LogP contribution in [0.3, 0.4) is 0 Å². The van der Waals surface area contributed by atoms with Gasteiger partial charge in [0.15, 0.2) is 5.11 Å². The van der Waals surface area contributed by atoms with Crippen molar-refractivity contribution in [2.24, 2.45) is 0 Å². The molecule has 0 saturated carbocycles. The summed E-state index contributed by atoms with van der Waals surface area (Å²) in [7, 11) is 0. The molecule has 2 fully saturated rings. The number of nitrogens with one attached hydrogen (secondary N) is 1. The van der Waals surface area contributed by atoms with E-state index in [4.69, 9.17) is 21.4 Å². The molecular formula is C22H24N4O2S. The molecule has 5 rings (SSSR count). The largest absolute Gasteiger partial charge is 0.467 e. The zero-order chi connectivity index (χ0) is 19.6. The molecule has 2 saturated heterocycles. The van der Waals surface area contributed by atoms with E-state index in [0.29, 0.717) is 6.54 Å². The van der Waals surface area contributed by atoms with Crippen LogP contribution in [0.1, 0.15) is 42.1 Å². The molecule has 0 radical (unpaired) electrons. The Morgan fingerprint density at radius 1 is 1.17 bits per heavy atom. The Hall–Kier alpha value is -2.64. The Bertz CT molecular complexity index is 950. The van der Waals surface area contributed by atoms with Gasteiger partial charge < -0.3 is 23.9 Å². The quantitative estimate of drug-likeness (QED) is 0.628. The summed E-state index contributed by atoms with van der Waals surface area (Å²) in [5.41, 5.74) is 2.17. The van der Waals surface area contributed by atoms with Gasteiger partial charge in [-0.2, -0.15) is 0 Å². The first-order chi connectivity index (χ1) is 14.3. The standard InChI is InChI=1S/C22H24N4O2S/c29-22-24-20(18-8-1-2-10-23-18)21(26(22)15-17-7-5-13-28-17)19-9-3-11-25(19)14-16-6-4-12-27-16/h1-4,6,8-12,17,20-21H,5,7,13-15H2,(H,24,29)/t17-,20+,21-/m0/s1. The van der Waals surface area contributed by atoms with Gasteiger partial charge in [0.1, 0.15) is 5.76 Å². The third-order valence-electron chi connectivity index (χ3n) is 5.70. The molecule has 2 aliphatic heterocycles. The molecule has 3 aromatic heterocycles. The second-order valence-electron chi connectivity index (χ2n) is 7.55. The maximum Gasteiger partial charge on any atom is 0.170 e. The first-order valence-electron chi connectivity index (χ1n) is 10.1. The van der Waals surface area contributed by atoms with Crippen LogP contribution in [0.25, 0.3) is 0 Å². The minimum absolute atomic E-state index is 0.0182. The van der Waals surface area contributed by atoms with E-state index in [1.807, 2.05) is 30.5 Å². The molecule has 0 aromatic carbocycles. The zero-order valence-corrected chi connectivity index (χ0v) is 16.9. The summed E-state index contributed by atoms with van der Waals surface area (Å²) in [5, 5.41) is 4.28. The van der Waals surface area contributed by atoms with E-state index in [-0.39, 0.29) is 18.2 Å². The van der Waals surface area contributed by atoms with Gasteiger partial charge in [-0.25, -0.2) is 0 Å². The van der Waals surface area contributed by atoms with Crippen molar-refractivity contribution in [3.8, 4) is 0 Å². The molecule has 0 amide bonds. The molecule has 7 heteroatoms. The summed E-state index contributed by atoms with van der Waals surface area (Å²) >= 11 is 5.77. The second kappa shape index (κ2) is 8.00. The Kier molecular flexibility index (Phi) is 5.08. The summed E-state index contributed by atoms with van der Waals surface area (Å²) in [6, 6.07) is 14.2. The molecule has 6 nitrogen and oxygen atoms in total. The molecule has 3 aromatic rings. The van der Waals surface area contributed by atoms with Crippen LogP contribution in [0.15, 0.2) is 65.5 Å². The van der Waals surface area contributed by atoms with Gasteiger partial charge in [-0.15, -0.1) is 0 Å². The van der Waals surface area contributed by atoms with Gasteiger partial charge in [-0.05, 0) is 61.5 Å². The van der Waals surface area contributed by atoms with Gasteiger partial charge in [-0.1, -0.05) is 6.07 Å². The van der Waals surface area contributed by atoms with Crippen molar-refractivity contribution in [3.05, 3.63) is 78.3 Å². The normalized spacial score (nSPS) is 24.2. The van der Waals surface area contributed by atoms with E-state index in [2.05, 4.69) is 44.2 Å². The van der Waals surface area contributed by atoms with Gasteiger partial charge >= 0.3 is 0 Å². The molecule has 0 aliphatic carbocycles. The van der Waals surface area contributed by atoms with Crippen LogP contribution >= 0.6 is 12.2 Å². The molecule has 1 N–H and O–H groups in total. The lowest BCUT2D eigenvalue weighted by atomic mass is 10.0. The molecule has 0 bridgehead atoms. The van der Waals surface area contributed by atoms with Crippen molar-refractivity contribution in [1.82, 2.24) is 19.8 Å². The second-order valence-corrected chi connectivity index (χ2v) is 7.94. The highest BCUT2D eigenvalue weighted by Gasteiger charge is 2.42. The molecule has 150 valence electrons. The molecule has 2 aliphatic rings. The van der Waals surface area contributed by atoms with E-state index in [9.17, 15) is 0 Å². The molecule has 5 heterocycles.